The molecule has 1 aromatic heterocycles. The molecule has 1 aliphatic rings. The molecule has 2 N–H and O–H groups in total. The standard InChI is InChI=1S/C12H18N2O2S/c1-3-14-6-5-8-9(7-14)17-11(13)10(8)12(15)16-4-2/h3-7,13H2,1-2H3. The second-order valence-electron chi connectivity index (χ2n) is 4.08. The van der Waals surface area contributed by atoms with Crippen molar-refractivity contribution in [2.45, 2.75) is 26.8 Å². The zero-order chi connectivity index (χ0) is 12.4. The number of esters is 1. The van der Waals surface area contributed by atoms with Gasteiger partial charge in [0.15, 0.2) is 0 Å². The highest BCUT2D eigenvalue weighted by Crippen LogP contribution is 2.35. The van der Waals surface area contributed by atoms with E-state index in [4.69, 9.17) is 10.5 Å². The maximum Gasteiger partial charge on any atom is 0.341 e. The van der Waals surface area contributed by atoms with Crippen LogP contribution in [0.1, 0.15) is 34.6 Å². The SMILES string of the molecule is CCOC(=O)c1c(N)sc2c1CCN(CC)C2. The van der Waals surface area contributed by atoms with Crippen LogP contribution in [0.5, 0.6) is 0 Å². The van der Waals surface area contributed by atoms with E-state index in [2.05, 4.69) is 11.8 Å². The third-order valence-electron chi connectivity index (χ3n) is 3.09. The molecule has 2 heterocycles. The van der Waals surface area contributed by atoms with Crippen LogP contribution in [0.3, 0.4) is 0 Å². The number of ether oxygens (including phenoxy) is 1. The van der Waals surface area contributed by atoms with Gasteiger partial charge < -0.3 is 10.5 Å². The Morgan fingerprint density at radius 3 is 2.94 bits per heavy atom. The lowest BCUT2D eigenvalue weighted by Crippen LogP contribution is -2.30. The lowest BCUT2D eigenvalue weighted by Gasteiger charge is -2.25. The van der Waals surface area contributed by atoms with Crippen LogP contribution < -0.4 is 5.73 Å². The Labute approximate surface area is 105 Å². The van der Waals surface area contributed by atoms with E-state index in [-0.39, 0.29) is 5.97 Å². The van der Waals surface area contributed by atoms with Gasteiger partial charge in [-0.05, 0) is 25.5 Å². The molecular weight excluding hydrogens is 236 g/mol. The van der Waals surface area contributed by atoms with Crippen molar-refractivity contribution in [3.63, 3.8) is 0 Å². The molecule has 5 heteroatoms. The third kappa shape index (κ3) is 2.30. The van der Waals surface area contributed by atoms with E-state index in [1.165, 1.54) is 16.2 Å². The van der Waals surface area contributed by atoms with Gasteiger partial charge in [0.05, 0.1) is 12.2 Å². The van der Waals surface area contributed by atoms with Crippen molar-refractivity contribution in [1.29, 1.82) is 0 Å². The van der Waals surface area contributed by atoms with E-state index >= 15 is 0 Å². The van der Waals surface area contributed by atoms with E-state index in [0.717, 1.165) is 31.6 Å². The van der Waals surface area contributed by atoms with Gasteiger partial charge in [0.2, 0.25) is 0 Å². The minimum absolute atomic E-state index is 0.271. The molecule has 94 valence electrons. The van der Waals surface area contributed by atoms with E-state index in [0.29, 0.717) is 17.2 Å². The number of nitrogens with two attached hydrogens (primary N) is 1. The molecule has 0 saturated heterocycles. The fourth-order valence-electron chi connectivity index (χ4n) is 2.17. The Kier molecular flexibility index (Phi) is 3.69. The molecule has 0 saturated carbocycles. The summed E-state index contributed by atoms with van der Waals surface area (Å²) in [6.45, 7) is 7.28. The predicted molar refractivity (Wildman–Crippen MR) is 69.3 cm³/mol. The van der Waals surface area contributed by atoms with Crippen LogP contribution in [0.4, 0.5) is 5.00 Å². The molecule has 0 fully saturated rings. The van der Waals surface area contributed by atoms with Crippen LogP contribution in [0.25, 0.3) is 0 Å². The number of fused-ring (bicyclic) bond motifs is 1. The number of nitrogens with zero attached hydrogens (tertiary/aromatic N) is 1. The lowest BCUT2D eigenvalue weighted by molar-refractivity contribution is 0.0526. The van der Waals surface area contributed by atoms with E-state index in [1.54, 1.807) is 0 Å². The number of rotatable bonds is 3. The lowest BCUT2D eigenvalue weighted by atomic mass is 10.0. The van der Waals surface area contributed by atoms with Crippen molar-refractivity contribution in [2.24, 2.45) is 0 Å². The summed E-state index contributed by atoms with van der Waals surface area (Å²) < 4.78 is 5.06. The number of hydrogen-bond donors (Lipinski definition) is 1. The highest BCUT2D eigenvalue weighted by Gasteiger charge is 2.26. The van der Waals surface area contributed by atoms with Gasteiger partial charge in [-0.15, -0.1) is 11.3 Å². The maximum absolute atomic E-state index is 11.8. The van der Waals surface area contributed by atoms with Crippen LogP contribution in [-0.2, 0) is 17.7 Å². The van der Waals surface area contributed by atoms with Gasteiger partial charge in [0, 0.05) is 18.0 Å². The summed E-state index contributed by atoms with van der Waals surface area (Å²) in [6.07, 6.45) is 0.894. The Bertz CT molecular complexity index is 428. The molecule has 0 bridgehead atoms. The highest BCUT2D eigenvalue weighted by atomic mass is 32.1. The van der Waals surface area contributed by atoms with Crippen molar-refractivity contribution >= 4 is 22.3 Å². The number of thiophene rings is 1. The van der Waals surface area contributed by atoms with Crippen molar-refractivity contribution in [1.82, 2.24) is 4.90 Å². The van der Waals surface area contributed by atoms with Gasteiger partial charge in [-0.1, -0.05) is 6.92 Å². The average Bonchev–Trinajstić information content (AvgIpc) is 2.64. The minimum Gasteiger partial charge on any atom is -0.462 e. The number of carbonyl (C=O) groups excluding carboxylic acids is 1. The van der Waals surface area contributed by atoms with Crippen LogP contribution in [0.15, 0.2) is 0 Å². The molecule has 0 atom stereocenters. The van der Waals surface area contributed by atoms with Crippen molar-refractivity contribution in [3.05, 3.63) is 16.0 Å². The summed E-state index contributed by atoms with van der Waals surface area (Å²) in [5, 5.41) is 0.603. The first-order chi connectivity index (χ1) is 8.17. The van der Waals surface area contributed by atoms with Crippen molar-refractivity contribution in [3.8, 4) is 0 Å². The van der Waals surface area contributed by atoms with Crippen LogP contribution in [-0.4, -0.2) is 30.6 Å². The molecule has 0 aromatic carbocycles. The summed E-state index contributed by atoms with van der Waals surface area (Å²) in [5.74, 6) is -0.271. The third-order valence-corrected chi connectivity index (χ3v) is 4.14. The first-order valence-corrected chi connectivity index (χ1v) is 6.78. The van der Waals surface area contributed by atoms with Crippen LogP contribution >= 0.6 is 11.3 Å². The molecule has 0 amide bonds. The molecule has 2 rings (SSSR count). The molecule has 0 radical (unpaired) electrons. The average molecular weight is 254 g/mol. The van der Waals surface area contributed by atoms with Gasteiger partial charge in [0.1, 0.15) is 5.00 Å². The number of hydrogen-bond acceptors (Lipinski definition) is 5. The van der Waals surface area contributed by atoms with E-state index < -0.39 is 0 Å². The largest absolute Gasteiger partial charge is 0.462 e. The number of anilines is 1. The Morgan fingerprint density at radius 2 is 2.29 bits per heavy atom. The van der Waals surface area contributed by atoms with Gasteiger partial charge in [-0.2, -0.15) is 0 Å². The zero-order valence-electron chi connectivity index (χ0n) is 10.3. The summed E-state index contributed by atoms with van der Waals surface area (Å²) in [4.78, 5) is 15.4. The highest BCUT2D eigenvalue weighted by molar-refractivity contribution is 7.16. The van der Waals surface area contributed by atoms with Crippen LogP contribution in [0, 0.1) is 0 Å². The van der Waals surface area contributed by atoms with Crippen molar-refractivity contribution < 1.29 is 9.53 Å². The molecule has 0 aliphatic carbocycles. The normalized spacial score (nSPS) is 15.6. The van der Waals surface area contributed by atoms with Gasteiger partial charge in [-0.25, -0.2) is 4.79 Å². The first kappa shape index (κ1) is 12.4. The Morgan fingerprint density at radius 1 is 1.53 bits per heavy atom. The van der Waals surface area contributed by atoms with Gasteiger partial charge in [-0.3, -0.25) is 4.90 Å². The molecular formula is C12H18N2O2S. The second-order valence-corrected chi connectivity index (χ2v) is 5.22. The smallest absolute Gasteiger partial charge is 0.341 e. The number of nitrogen functional groups attached to an aromatic ring is 1. The number of likely N-dealkylation sites (N-methyl/N-ethyl adjacent to an activating group) is 1. The monoisotopic (exact) mass is 254 g/mol. The molecule has 4 nitrogen and oxygen atoms in total. The fraction of sp³-hybridized carbons (Fsp3) is 0.583. The predicted octanol–water partition coefficient (Wildman–Crippen LogP) is 1.89. The Balaban J connectivity index is 2.30. The summed E-state index contributed by atoms with van der Waals surface area (Å²) in [5.41, 5.74) is 7.66. The van der Waals surface area contributed by atoms with Gasteiger partial charge in [0.25, 0.3) is 0 Å². The number of carbonyl (C=O) groups is 1. The molecule has 17 heavy (non-hydrogen) atoms. The maximum atomic E-state index is 11.8. The summed E-state index contributed by atoms with van der Waals surface area (Å²) in [6, 6.07) is 0. The first-order valence-electron chi connectivity index (χ1n) is 5.96. The van der Waals surface area contributed by atoms with E-state index in [1.807, 2.05) is 6.92 Å². The molecule has 1 aliphatic heterocycles. The van der Waals surface area contributed by atoms with Gasteiger partial charge >= 0.3 is 5.97 Å². The minimum atomic E-state index is -0.271. The molecule has 0 unspecified atom stereocenters. The fourth-order valence-corrected chi connectivity index (χ4v) is 3.32. The molecule has 0 spiro atoms. The van der Waals surface area contributed by atoms with Crippen molar-refractivity contribution in [2.75, 3.05) is 25.4 Å². The quantitative estimate of drug-likeness (QED) is 0.837. The topological polar surface area (TPSA) is 55.6 Å². The second kappa shape index (κ2) is 5.06. The Hall–Kier alpha value is -1.07. The van der Waals surface area contributed by atoms with Crippen LogP contribution in [0.2, 0.25) is 0 Å². The van der Waals surface area contributed by atoms with E-state index in [9.17, 15) is 4.79 Å². The molecule has 1 aromatic rings. The zero-order valence-corrected chi connectivity index (χ0v) is 11.1. The summed E-state index contributed by atoms with van der Waals surface area (Å²) >= 11 is 1.53. The summed E-state index contributed by atoms with van der Waals surface area (Å²) in [7, 11) is 0.